The van der Waals surface area contributed by atoms with E-state index in [1.54, 1.807) is 19.3 Å². The first kappa shape index (κ1) is 18.6. The first-order chi connectivity index (χ1) is 11.8. The third kappa shape index (κ3) is 5.38. The summed E-state index contributed by atoms with van der Waals surface area (Å²) < 4.78 is 11.2. The van der Waals surface area contributed by atoms with Gasteiger partial charge in [0.1, 0.15) is 18.1 Å². The van der Waals surface area contributed by atoms with Crippen LogP contribution in [0.15, 0.2) is 48.5 Å². The highest BCUT2D eigenvalue weighted by molar-refractivity contribution is 5.85. The normalized spacial score (nSPS) is 11.5. The van der Waals surface area contributed by atoms with Crippen LogP contribution in [0.5, 0.6) is 11.5 Å². The molecule has 0 radical (unpaired) electrons. The highest BCUT2D eigenvalue weighted by Crippen LogP contribution is 2.26. The molecule has 2 aromatic carbocycles. The summed E-state index contributed by atoms with van der Waals surface area (Å²) in [6.45, 7) is 6.85. The Morgan fingerprint density at radius 2 is 1.80 bits per heavy atom. The molecule has 0 fully saturated rings. The Morgan fingerprint density at radius 3 is 2.36 bits per heavy atom. The Morgan fingerprint density at radius 1 is 1.12 bits per heavy atom. The van der Waals surface area contributed by atoms with Crippen LogP contribution in [-0.4, -0.2) is 18.2 Å². The molecule has 2 aromatic rings. The highest BCUT2D eigenvalue weighted by atomic mass is 16.5. The molecular formula is C21H24O4. The van der Waals surface area contributed by atoms with Gasteiger partial charge in [-0.2, -0.15) is 0 Å². The number of methoxy groups -OCH3 is 1. The Labute approximate surface area is 148 Å². The van der Waals surface area contributed by atoms with Crippen LogP contribution in [0.2, 0.25) is 0 Å². The molecule has 0 atom stereocenters. The molecule has 0 aliphatic heterocycles. The maximum Gasteiger partial charge on any atom is 0.328 e. The van der Waals surface area contributed by atoms with Crippen molar-refractivity contribution in [2.24, 2.45) is 0 Å². The number of aliphatic carboxylic acids is 1. The molecule has 0 aromatic heterocycles. The summed E-state index contributed by atoms with van der Waals surface area (Å²) in [5.41, 5.74) is 2.99. The molecule has 0 unspecified atom stereocenters. The van der Waals surface area contributed by atoms with E-state index in [1.807, 2.05) is 24.3 Å². The van der Waals surface area contributed by atoms with Gasteiger partial charge in [-0.05, 0) is 46.9 Å². The second kappa shape index (κ2) is 7.88. The van der Waals surface area contributed by atoms with Crippen molar-refractivity contribution in [2.75, 3.05) is 7.11 Å². The third-order valence-electron chi connectivity index (χ3n) is 3.84. The van der Waals surface area contributed by atoms with E-state index in [9.17, 15) is 4.79 Å². The Bertz CT molecular complexity index is 752. The Balaban J connectivity index is 2.13. The van der Waals surface area contributed by atoms with Crippen molar-refractivity contribution in [1.29, 1.82) is 0 Å². The number of hydrogen-bond donors (Lipinski definition) is 1. The largest absolute Gasteiger partial charge is 0.496 e. The highest BCUT2D eigenvalue weighted by Gasteiger charge is 2.13. The van der Waals surface area contributed by atoms with Gasteiger partial charge < -0.3 is 14.6 Å². The average Bonchev–Trinajstić information content (AvgIpc) is 2.57. The van der Waals surface area contributed by atoms with Crippen molar-refractivity contribution >= 4 is 12.0 Å². The molecule has 0 saturated carbocycles. The molecule has 0 amide bonds. The van der Waals surface area contributed by atoms with Crippen LogP contribution in [0.25, 0.3) is 6.08 Å². The van der Waals surface area contributed by atoms with E-state index in [2.05, 4.69) is 32.9 Å². The monoisotopic (exact) mass is 340 g/mol. The number of benzene rings is 2. The van der Waals surface area contributed by atoms with Crippen LogP contribution >= 0.6 is 0 Å². The number of carboxylic acids is 1. The zero-order valence-corrected chi connectivity index (χ0v) is 15.1. The number of carbonyl (C=O) groups is 1. The minimum atomic E-state index is -0.979. The minimum absolute atomic E-state index is 0.104. The number of hydrogen-bond acceptors (Lipinski definition) is 3. The second-order valence-electron chi connectivity index (χ2n) is 6.81. The maximum absolute atomic E-state index is 10.7. The van der Waals surface area contributed by atoms with Crippen LogP contribution in [0.1, 0.15) is 37.5 Å². The van der Waals surface area contributed by atoms with Crippen molar-refractivity contribution in [3.8, 4) is 11.5 Å². The summed E-state index contributed by atoms with van der Waals surface area (Å²) in [4.78, 5) is 10.7. The van der Waals surface area contributed by atoms with E-state index in [-0.39, 0.29) is 5.41 Å². The summed E-state index contributed by atoms with van der Waals surface area (Å²) in [6, 6.07) is 13.5. The van der Waals surface area contributed by atoms with Gasteiger partial charge in [0.15, 0.2) is 0 Å². The second-order valence-corrected chi connectivity index (χ2v) is 6.81. The van der Waals surface area contributed by atoms with E-state index in [4.69, 9.17) is 14.6 Å². The lowest BCUT2D eigenvalue weighted by Crippen LogP contribution is -2.10. The summed E-state index contributed by atoms with van der Waals surface area (Å²) in [6.07, 6.45) is 2.65. The predicted molar refractivity (Wildman–Crippen MR) is 99.1 cm³/mol. The fraction of sp³-hybridized carbons (Fsp3) is 0.286. The Kier molecular flexibility index (Phi) is 5.86. The van der Waals surface area contributed by atoms with Gasteiger partial charge in [0.05, 0.1) is 7.11 Å². The van der Waals surface area contributed by atoms with Gasteiger partial charge in [-0.3, -0.25) is 0 Å². The molecule has 4 nitrogen and oxygen atoms in total. The summed E-state index contributed by atoms with van der Waals surface area (Å²) in [5.74, 6) is 0.507. The predicted octanol–water partition coefficient (Wildman–Crippen LogP) is 4.67. The average molecular weight is 340 g/mol. The third-order valence-corrected chi connectivity index (χ3v) is 3.84. The molecule has 0 saturated heterocycles. The lowest BCUT2D eigenvalue weighted by Gasteiger charge is -2.19. The van der Waals surface area contributed by atoms with Gasteiger partial charge >= 0.3 is 5.97 Å². The molecule has 2 rings (SSSR count). The molecule has 0 aliphatic rings. The molecule has 25 heavy (non-hydrogen) atoms. The lowest BCUT2D eigenvalue weighted by atomic mass is 9.87. The van der Waals surface area contributed by atoms with Gasteiger partial charge in [0.25, 0.3) is 0 Å². The lowest BCUT2D eigenvalue weighted by molar-refractivity contribution is -0.131. The van der Waals surface area contributed by atoms with Crippen LogP contribution < -0.4 is 9.47 Å². The summed E-state index contributed by atoms with van der Waals surface area (Å²) in [5, 5.41) is 8.74. The standard InChI is InChI=1S/C21H24O4/c1-21(2,3)17-7-9-18(10-8-17)25-14-16-13-15(6-12-20(22)23)5-11-19(16)24-4/h5-13H,14H2,1-4H3,(H,22,23). The topological polar surface area (TPSA) is 55.8 Å². The number of carboxylic acid groups (broad SMARTS) is 1. The van der Waals surface area contributed by atoms with Crippen molar-refractivity contribution in [3.63, 3.8) is 0 Å². The summed E-state index contributed by atoms with van der Waals surface area (Å²) >= 11 is 0. The van der Waals surface area contributed by atoms with Crippen molar-refractivity contribution < 1.29 is 19.4 Å². The van der Waals surface area contributed by atoms with E-state index >= 15 is 0 Å². The smallest absolute Gasteiger partial charge is 0.328 e. The molecular weight excluding hydrogens is 316 g/mol. The zero-order chi connectivity index (χ0) is 18.4. The van der Waals surface area contributed by atoms with Crippen molar-refractivity contribution in [1.82, 2.24) is 0 Å². The molecule has 0 spiro atoms. The molecule has 0 aliphatic carbocycles. The fourth-order valence-corrected chi connectivity index (χ4v) is 2.39. The van der Waals surface area contributed by atoms with Gasteiger partial charge in [0, 0.05) is 11.6 Å². The minimum Gasteiger partial charge on any atom is -0.496 e. The van der Waals surface area contributed by atoms with E-state index < -0.39 is 5.97 Å². The molecule has 4 heteroatoms. The van der Waals surface area contributed by atoms with Crippen LogP contribution in [0, 0.1) is 0 Å². The fourth-order valence-electron chi connectivity index (χ4n) is 2.39. The molecule has 0 heterocycles. The quantitative estimate of drug-likeness (QED) is 0.777. The number of ether oxygens (including phenoxy) is 2. The van der Waals surface area contributed by atoms with Crippen molar-refractivity contribution in [2.45, 2.75) is 32.8 Å². The van der Waals surface area contributed by atoms with Gasteiger partial charge in [-0.15, -0.1) is 0 Å². The van der Waals surface area contributed by atoms with Crippen LogP contribution in [-0.2, 0) is 16.8 Å². The molecule has 0 bridgehead atoms. The SMILES string of the molecule is COc1ccc(C=CC(=O)O)cc1COc1ccc(C(C)(C)C)cc1. The van der Waals surface area contributed by atoms with Crippen LogP contribution in [0.3, 0.4) is 0 Å². The van der Waals surface area contributed by atoms with E-state index in [0.29, 0.717) is 12.4 Å². The first-order valence-electron chi connectivity index (χ1n) is 8.11. The van der Waals surface area contributed by atoms with Gasteiger partial charge in [-0.1, -0.05) is 39.0 Å². The Hall–Kier alpha value is -2.75. The summed E-state index contributed by atoms with van der Waals surface area (Å²) in [7, 11) is 1.60. The number of rotatable bonds is 6. The first-order valence-corrected chi connectivity index (χ1v) is 8.11. The molecule has 132 valence electrons. The molecule has 1 N–H and O–H groups in total. The van der Waals surface area contributed by atoms with Crippen molar-refractivity contribution in [3.05, 3.63) is 65.2 Å². The zero-order valence-electron chi connectivity index (χ0n) is 15.1. The van der Waals surface area contributed by atoms with Gasteiger partial charge in [0.2, 0.25) is 0 Å². The maximum atomic E-state index is 10.7. The van der Waals surface area contributed by atoms with Gasteiger partial charge in [-0.25, -0.2) is 4.79 Å². The van der Waals surface area contributed by atoms with Crippen LogP contribution in [0.4, 0.5) is 0 Å². The van der Waals surface area contributed by atoms with E-state index in [0.717, 1.165) is 23.0 Å². The van der Waals surface area contributed by atoms with E-state index in [1.165, 1.54) is 5.56 Å².